The summed E-state index contributed by atoms with van der Waals surface area (Å²) >= 11 is 0. The molecule has 1 saturated carbocycles. The highest BCUT2D eigenvalue weighted by atomic mass is 19.4. The van der Waals surface area contributed by atoms with E-state index in [-0.39, 0.29) is 0 Å². The van der Waals surface area contributed by atoms with Crippen LogP contribution in [-0.4, -0.2) is 0 Å². The summed E-state index contributed by atoms with van der Waals surface area (Å²) in [6, 6.07) is 3.33. The summed E-state index contributed by atoms with van der Waals surface area (Å²) in [5.41, 5.74) is -0.504. The summed E-state index contributed by atoms with van der Waals surface area (Å²) in [4.78, 5) is 0. The largest absolute Gasteiger partial charge is 0.419 e. The van der Waals surface area contributed by atoms with E-state index in [2.05, 4.69) is 6.92 Å². The molecule has 0 aromatic heterocycles. The van der Waals surface area contributed by atoms with Crippen molar-refractivity contribution >= 4 is 0 Å². The Balaban J connectivity index is 1.58. The van der Waals surface area contributed by atoms with Gasteiger partial charge in [-0.15, -0.1) is 0 Å². The minimum atomic E-state index is -4.61. The topological polar surface area (TPSA) is 0 Å². The van der Waals surface area contributed by atoms with Crippen LogP contribution in [0.25, 0.3) is 0 Å². The molecule has 1 aliphatic carbocycles. The molecule has 1 aromatic carbocycles. The SMILES string of the molecule is CCCCCCCC1CCC(CCCCc2ccc(C(F)(F)F)c(F)c2)CC1. The Labute approximate surface area is 168 Å². The molecule has 0 heterocycles. The molecule has 0 nitrogen and oxygen atoms in total. The first-order valence-corrected chi connectivity index (χ1v) is 11.3. The highest BCUT2D eigenvalue weighted by Crippen LogP contribution is 2.35. The van der Waals surface area contributed by atoms with Gasteiger partial charge in [-0.05, 0) is 42.4 Å². The fourth-order valence-corrected chi connectivity index (χ4v) is 4.55. The number of aryl methyl sites for hydroxylation is 1. The second-order valence-electron chi connectivity index (χ2n) is 8.65. The number of benzene rings is 1. The van der Waals surface area contributed by atoms with E-state index in [4.69, 9.17) is 0 Å². The minimum absolute atomic E-state index is 0.655. The maximum atomic E-state index is 13.6. The molecule has 0 spiro atoms. The molecule has 0 amide bonds. The van der Waals surface area contributed by atoms with Crippen LogP contribution < -0.4 is 0 Å². The zero-order valence-electron chi connectivity index (χ0n) is 17.3. The Hall–Kier alpha value is -1.06. The molecule has 0 atom stereocenters. The molecule has 0 unspecified atom stereocenters. The van der Waals surface area contributed by atoms with E-state index in [0.29, 0.717) is 12.0 Å². The Kier molecular flexibility index (Phi) is 9.81. The highest BCUT2D eigenvalue weighted by molar-refractivity contribution is 5.26. The maximum absolute atomic E-state index is 13.6. The van der Waals surface area contributed by atoms with Crippen molar-refractivity contribution in [3.63, 3.8) is 0 Å². The second kappa shape index (κ2) is 11.8. The van der Waals surface area contributed by atoms with Crippen LogP contribution >= 0.6 is 0 Å². The third-order valence-electron chi connectivity index (χ3n) is 6.35. The molecule has 2 rings (SSSR count). The van der Waals surface area contributed by atoms with Crippen LogP contribution in [0.1, 0.15) is 102 Å². The predicted molar refractivity (Wildman–Crippen MR) is 108 cm³/mol. The van der Waals surface area contributed by atoms with E-state index in [1.165, 1.54) is 76.7 Å². The predicted octanol–water partition coefficient (Wildman–Crippen LogP) is 8.72. The highest BCUT2D eigenvalue weighted by Gasteiger charge is 2.33. The normalized spacial score (nSPS) is 20.5. The average molecular weight is 401 g/mol. The van der Waals surface area contributed by atoms with Crippen LogP contribution in [0.4, 0.5) is 17.6 Å². The second-order valence-corrected chi connectivity index (χ2v) is 8.65. The number of unbranched alkanes of at least 4 members (excludes halogenated alkanes) is 5. The fourth-order valence-electron chi connectivity index (χ4n) is 4.55. The molecule has 0 bridgehead atoms. The molecule has 0 radical (unpaired) electrons. The molecule has 28 heavy (non-hydrogen) atoms. The lowest BCUT2D eigenvalue weighted by Crippen LogP contribution is -2.14. The van der Waals surface area contributed by atoms with Gasteiger partial charge >= 0.3 is 6.18 Å². The molecule has 0 saturated heterocycles. The fraction of sp³-hybridized carbons (Fsp3) is 0.750. The number of hydrogen-bond acceptors (Lipinski definition) is 0. The number of alkyl halides is 3. The van der Waals surface area contributed by atoms with Crippen molar-refractivity contribution < 1.29 is 17.6 Å². The van der Waals surface area contributed by atoms with E-state index < -0.39 is 17.6 Å². The summed E-state index contributed by atoms with van der Waals surface area (Å²) in [5.74, 6) is 0.576. The molecular weight excluding hydrogens is 364 g/mol. The Morgan fingerprint density at radius 2 is 1.39 bits per heavy atom. The average Bonchev–Trinajstić information content (AvgIpc) is 2.65. The van der Waals surface area contributed by atoms with E-state index >= 15 is 0 Å². The summed E-state index contributed by atoms with van der Waals surface area (Å²) in [7, 11) is 0. The molecule has 1 aromatic rings. The van der Waals surface area contributed by atoms with Gasteiger partial charge in [0.05, 0.1) is 5.56 Å². The van der Waals surface area contributed by atoms with Crippen LogP contribution in [0.15, 0.2) is 18.2 Å². The molecule has 1 aliphatic rings. The smallest absolute Gasteiger partial charge is 0.206 e. The van der Waals surface area contributed by atoms with Crippen molar-refractivity contribution in [2.75, 3.05) is 0 Å². The Morgan fingerprint density at radius 1 is 0.821 bits per heavy atom. The van der Waals surface area contributed by atoms with E-state index in [9.17, 15) is 17.6 Å². The monoisotopic (exact) mass is 400 g/mol. The van der Waals surface area contributed by atoms with Gasteiger partial charge in [0, 0.05) is 0 Å². The molecule has 0 N–H and O–H groups in total. The van der Waals surface area contributed by atoms with Crippen molar-refractivity contribution in [1.29, 1.82) is 0 Å². The minimum Gasteiger partial charge on any atom is -0.206 e. The van der Waals surface area contributed by atoms with Gasteiger partial charge in [-0.1, -0.05) is 90.0 Å². The van der Waals surface area contributed by atoms with Crippen LogP contribution in [0.2, 0.25) is 0 Å². The van der Waals surface area contributed by atoms with Crippen molar-refractivity contribution in [2.45, 2.75) is 103 Å². The molecule has 0 aliphatic heterocycles. The van der Waals surface area contributed by atoms with Crippen molar-refractivity contribution in [3.8, 4) is 0 Å². The van der Waals surface area contributed by atoms with Crippen LogP contribution in [0.3, 0.4) is 0 Å². The van der Waals surface area contributed by atoms with Gasteiger partial charge < -0.3 is 0 Å². The maximum Gasteiger partial charge on any atom is 0.419 e. The molecular formula is C24H36F4. The van der Waals surface area contributed by atoms with Crippen molar-refractivity contribution in [1.82, 2.24) is 0 Å². The van der Waals surface area contributed by atoms with Crippen molar-refractivity contribution in [2.24, 2.45) is 11.8 Å². The summed E-state index contributed by atoms with van der Waals surface area (Å²) < 4.78 is 51.4. The first kappa shape index (κ1) is 23.2. The van der Waals surface area contributed by atoms with Gasteiger partial charge in [-0.3, -0.25) is 0 Å². The number of rotatable bonds is 11. The number of halogens is 4. The lowest BCUT2D eigenvalue weighted by Gasteiger charge is -2.28. The lowest BCUT2D eigenvalue weighted by atomic mass is 9.78. The van der Waals surface area contributed by atoms with E-state index in [1.54, 1.807) is 0 Å². The molecule has 1 fully saturated rings. The van der Waals surface area contributed by atoms with Crippen molar-refractivity contribution in [3.05, 3.63) is 35.1 Å². The lowest BCUT2D eigenvalue weighted by molar-refractivity contribution is -0.140. The molecule has 4 heteroatoms. The first-order valence-electron chi connectivity index (χ1n) is 11.3. The zero-order valence-corrected chi connectivity index (χ0v) is 17.3. The molecule has 160 valence electrons. The van der Waals surface area contributed by atoms with E-state index in [1.807, 2.05) is 0 Å². The van der Waals surface area contributed by atoms with Gasteiger partial charge in [0.2, 0.25) is 0 Å². The van der Waals surface area contributed by atoms with Gasteiger partial charge in [-0.25, -0.2) is 4.39 Å². The Morgan fingerprint density at radius 3 is 1.93 bits per heavy atom. The third-order valence-corrected chi connectivity index (χ3v) is 6.35. The summed E-state index contributed by atoms with van der Waals surface area (Å²) in [6.07, 6.45) is 12.9. The zero-order chi connectivity index (χ0) is 20.4. The third kappa shape index (κ3) is 8.13. The van der Waals surface area contributed by atoms with Gasteiger partial charge in [-0.2, -0.15) is 13.2 Å². The first-order chi connectivity index (χ1) is 13.4. The van der Waals surface area contributed by atoms with Crippen LogP contribution in [-0.2, 0) is 12.6 Å². The van der Waals surface area contributed by atoms with E-state index in [0.717, 1.165) is 36.8 Å². The van der Waals surface area contributed by atoms with Gasteiger partial charge in [0.15, 0.2) is 0 Å². The number of hydrogen-bond donors (Lipinski definition) is 0. The quantitative estimate of drug-likeness (QED) is 0.257. The van der Waals surface area contributed by atoms with Crippen LogP contribution in [0.5, 0.6) is 0 Å². The summed E-state index contributed by atoms with van der Waals surface area (Å²) in [6.45, 7) is 2.25. The standard InChI is InChI=1S/C24H36F4/c1-2-3-4-5-6-9-19-12-14-20(15-13-19)10-7-8-11-21-16-17-22(23(25)18-21)24(26,27)28/h16-20H,2-15H2,1H3. The van der Waals surface area contributed by atoms with Crippen LogP contribution in [0, 0.1) is 17.7 Å². The van der Waals surface area contributed by atoms with Gasteiger partial charge in [0.1, 0.15) is 5.82 Å². The summed E-state index contributed by atoms with van der Waals surface area (Å²) in [5, 5.41) is 0. The van der Waals surface area contributed by atoms with Gasteiger partial charge in [0.25, 0.3) is 0 Å². The Bertz CT molecular complexity index is 556.